The fraction of sp³-hybridized carbons (Fsp3) is 0.409. The van der Waals surface area contributed by atoms with Gasteiger partial charge in [-0.15, -0.1) is 0 Å². The second kappa shape index (κ2) is 9.42. The first kappa shape index (κ1) is 21.2. The smallest absolute Gasteiger partial charge is 0.329 e. The van der Waals surface area contributed by atoms with Gasteiger partial charge in [0.15, 0.2) is 0 Å². The highest BCUT2D eigenvalue weighted by molar-refractivity contribution is 5.98. The normalized spacial score (nSPS) is 20.2. The van der Waals surface area contributed by atoms with Crippen LogP contribution in [0, 0.1) is 0 Å². The largest absolute Gasteiger partial charge is 0.487 e. The lowest BCUT2D eigenvalue weighted by molar-refractivity contribution is -0.148. The van der Waals surface area contributed by atoms with E-state index in [4.69, 9.17) is 9.47 Å². The van der Waals surface area contributed by atoms with Crippen LogP contribution in [-0.2, 0) is 16.1 Å². The molecule has 0 aliphatic carbocycles. The number of benzene rings is 1. The zero-order chi connectivity index (χ0) is 21.7. The molecule has 1 atom stereocenters. The molecule has 2 saturated heterocycles. The van der Waals surface area contributed by atoms with E-state index in [1.54, 1.807) is 24.4 Å². The van der Waals surface area contributed by atoms with Crippen molar-refractivity contribution in [3.63, 3.8) is 0 Å². The van der Waals surface area contributed by atoms with Crippen LogP contribution in [-0.4, -0.2) is 47.3 Å². The number of amides is 1. The summed E-state index contributed by atoms with van der Waals surface area (Å²) in [5.41, 5.74) is 7.11. The fourth-order valence-corrected chi connectivity index (χ4v) is 3.76. The van der Waals surface area contributed by atoms with Crippen molar-refractivity contribution in [1.82, 2.24) is 21.2 Å². The number of hydrogen-bond donors (Lipinski definition) is 4. The molecule has 31 heavy (non-hydrogen) atoms. The predicted octanol–water partition coefficient (Wildman–Crippen LogP) is 1.56. The van der Waals surface area contributed by atoms with Crippen molar-refractivity contribution in [2.75, 3.05) is 19.8 Å². The maximum Gasteiger partial charge on any atom is 0.329 e. The standard InChI is InChI=1S/C22H26N4O5/c27-20(25-22(21(28)29)7-10-30-11-8-22)16-3-1-2-15(12-16)14-31-17-4-5-18(23-13-17)19-6-9-24-26-19/h1-5,12-13,19,24,26H,6-11,14H2,(H,25,27)(H,28,29). The van der Waals surface area contributed by atoms with Crippen molar-refractivity contribution in [2.45, 2.75) is 37.5 Å². The summed E-state index contributed by atoms with van der Waals surface area (Å²) in [6, 6.07) is 11.0. The first-order chi connectivity index (χ1) is 15.1. The molecule has 2 aliphatic heterocycles. The number of ether oxygens (including phenoxy) is 2. The molecule has 4 rings (SSSR count). The molecule has 1 aromatic heterocycles. The average molecular weight is 426 g/mol. The van der Waals surface area contributed by atoms with Crippen LogP contribution in [0.1, 0.15) is 46.9 Å². The van der Waals surface area contributed by atoms with E-state index in [0.29, 0.717) is 24.5 Å². The number of hydrogen-bond acceptors (Lipinski definition) is 7. The van der Waals surface area contributed by atoms with Crippen molar-refractivity contribution in [3.05, 3.63) is 59.4 Å². The first-order valence-corrected chi connectivity index (χ1v) is 10.4. The van der Waals surface area contributed by atoms with Gasteiger partial charge in [0, 0.05) is 38.2 Å². The van der Waals surface area contributed by atoms with Gasteiger partial charge in [-0.05, 0) is 36.2 Å². The van der Waals surface area contributed by atoms with Crippen LogP contribution in [0.2, 0.25) is 0 Å². The topological polar surface area (TPSA) is 122 Å². The van der Waals surface area contributed by atoms with Crippen molar-refractivity contribution in [1.29, 1.82) is 0 Å². The summed E-state index contributed by atoms with van der Waals surface area (Å²) in [6.07, 6.45) is 3.16. The fourth-order valence-electron chi connectivity index (χ4n) is 3.76. The van der Waals surface area contributed by atoms with Gasteiger partial charge in [-0.3, -0.25) is 15.2 Å². The van der Waals surface area contributed by atoms with Crippen LogP contribution in [0.4, 0.5) is 0 Å². The second-order valence-electron chi connectivity index (χ2n) is 7.77. The number of carboxylic acid groups (broad SMARTS) is 1. The molecule has 9 nitrogen and oxygen atoms in total. The van der Waals surface area contributed by atoms with Crippen LogP contribution >= 0.6 is 0 Å². The van der Waals surface area contributed by atoms with E-state index >= 15 is 0 Å². The summed E-state index contributed by atoms with van der Waals surface area (Å²) in [6.45, 7) is 1.79. The predicted molar refractivity (Wildman–Crippen MR) is 111 cm³/mol. The molecular weight excluding hydrogens is 400 g/mol. The third kappa shape index (κ3) is 5.01. The highest BCUT2D eigenvalue weighted by Crippen LogP contribution is 2.23. The molecule has 1 aromatic carbocycles. The Bertz CT molecular complexity index is 922. The Labute approximate surface area is 180 Å². The number of hydrazine groups is 1. The maximum absolute atomic E-state index is 12.7. The summed E-state index contributed by atoms with van der Waals surface area (Å²) in [7, 11) is 0. The molecule has 2 aliphatic rings. The number of aromatic nitrogens is 1. The molecular formula is C22H26N4O5. The van der Waals surface area contributed by atoms with E-state index < -0.39 is 17.4 Å². The van der Waals surface area contributed by atoms with E-state index in [-0.39, 0.29) is 25.5 Å². The lowest BCUT2D eigenvalue weighted by Crippen LogP contribution is -2.57. The summed E-state index contributed by atoms with van der Waals surface area (Å²) >= 11 is 0. The third-order valence-corrected chi connectivity index (χ3v) is 5.65. The molecule has 4 N–H and O–H groups in total. The van der Waals surface area contributed by atoms with Crippen LogP contribution in [0.15, 0.2) is 42.6 Å². The lowest BCUT2D eigenvalue weighted by Gasteiger charge is -2.33. The van der Waals surface area contributed by atoms with Gasteiger partial charge >= 0.3 is 5.97 Å². The molecule has 1 unspecified atom stereocenters. The lowest BCUT2D eigenvalue weighted by atomic mass is 9.89. The van der Waals surface area contributed by atoms with Gasteiger partial charge in [0.25, 0.3) is 5.91 Å². The molecule has 9 heteroatoms. The number of carbonyl (C=O) groups excluding carboxylic acids is 1. The number of carbonyl (C=O) groups is 2. The van der Waals surface area contributed by atoms with Gasteiger partial charge in [-0.2, -0.15) is 0 Å². The zero-order valence-corrected chi connectivity index (χ0v) is 17.1. The number of aliphatic carboxylic acids is 1. The van der Waals surface area contributed by atoms with Gasteiger partial charge in [-0.25, -0.2) is 10.2 Å². The Morgan fingerprint density at radius 2 is 2.10 bits per heavy atom. The Morgan fingerprint density at radius 3 is 2.77 bits per heavy atom. The van der Waals surface area contributed by atoms with E-state index in [2.05, 4.69) is 21.2 Å². The first-order valence-electron chi connectivity index (χ1n) is 10.4. The minimum atomic E-state index is -1.29. The molecule has 1 amide bonds. The molecule has 0 bridgehead atoms. The van der Waals surface area contributed by atoms with Crippen molar-refractivity contribution < 1.29 is 24.2 Å². The molecule has 3 heterocycles. The Balaban J connectivity index is 1.37. The van der Waals surface area contributed by atoms with E-state index in [0.717, 1.165) is 24.2 Å². The minimum Gasteiger partial charge on any atom is -0.487 e. The number of nitrogens with one attached hydrogen (secondary N) is 3. The highest BCUT2D eigenvalue weighted by atomic mass is 16.5. The van der Waals surface area contributed by atoms with Crippen LogP contribution in [0.3, 0.4) is 0 Å². The van der Waals surface area contributed by atoms with Gasteiger partial charge < -0.3 is 19.9 Å². The maximum atomic E-state index is 12.7. The molecule has 0 radical (unpaired) electrons. The number of pyridine rings is 1. The number of carboxylic acids is 1. The monoisotopic (exact) mass is 426 g/mol. The Morgan fingerprint density at radius 1 is 1.26 bits per heavy atom. The molecule has 0 saturated carbocycles. The number of rotatable bonds is 7. The van der Waals surface area contributed by atoms with Crippen molar-refractivity contribution >= 4 is 11.9 Å². The summed E-state index contributed by atoms with van der Waals surface area (Å²) in [4.78, 5) is 29.0. The van der Waals surface area contributed by atoms with Gasteiger partial charge in [-0.1, -0.05) is 12.1 Å². The molecule has 0 spiro atoms. The SMILES string of the molecule is O=C(NC1(C(=O)O)CCOCC1)c1cccc(COc2ccc(C3CCNN3)nc2)c1. The highest BCUT2D eigenvalue weighted by Gasteiger charge is 2.41. The zero-order valence-electron chi connectivity index (χ0n) is 17.1. The van der Waals surface area contributed by atoms with Crippen molar-refractivity contribution in [2.24, 2.45) is 0 Å². The average Bonchev–Trinajstić information content (AvgIpc) is 3.34. The van der Waals surface area contributed by atoms with Crippen LogP contribution in [0.25, 0.3) is 0 Å². The van der Waals surface area contributed by atoms with Gasteiger partial charge in [0.2, 0.25) is 0 Å². The van der Waals surface area contributed by atoms with E-state index in [1.165, 1.54) is 0 Å². The summed E-state index contributed by atoms with van der Waals surface area (Å²) in [5, 5.41) is 12.3. The van der Waals surface area contributed by atoms with Crippen LogP contribution < -0.4 is 20.9 Å². The van der Waals surface area contributed by atoms with Crippen molar-refractivity contribution in [3.8, 4) is 5.75 Å². The Hall–Kier alpha value is -3.01. The molecule has 2 aromatic rings. The molecule has 164 valence electrons. The van der Waals surface area contributed by atoms with Gasteiger partial charge in [0.1, 0.15) is 17.9 Å². The number of nitrogens with zero attached hydrogens (tertiary/aromatic N) is 1. The summed E-state index contributed by atoms with van der Waals surface area (Å²) in [5.74, 6) is -0.824. The van der Waals surface area contributed by atoms with Gasteiger partial charge in [0.05, 0.1) is 17.9 Å². The molecule has 2 fully saturated rings. The minimum absolute atomic E-state index is 0.203. The van der Waals surface area contributed by atoms with E-state index in [1.807, 2.05) is 18.2 Å². The third-order valence-electron chi connectivity index (χ3n) is 5.65. The Kier molecular flexibility index (Phi) is 6.45. The summed E-state index contributed by atoms with van der Waals surface area (Å²) < 4.78 is 11.1. The van der Waals surface area contributed by atoms with E-state index in [9.17, 15) is 14.7 Å². The second-order valence-corrected chi connectivity index (χ2v) is 7.77. The van der Waals surface area contributed by atoms with Crippen LogP contribution in [0.5, 0.6) is 5.75 Å². The quantitative estimate of drug-likeness (QED) is 0.526.